The first-order valence-electron chi connectivity index (χ1n) is 5.79. The highest BCUT2D eigenvalue weighted by molar-refractivity contribution is 5.97. The number of rotatable bonds is 2. The van der Waals surface area contributed by atoms with Crippen molar-refractivity contribution in [1.29, 1.82) is 0 Å². The standard InChI is InChI=1S/C8H6O4.C5H7NO2/c9-7(10)5-1-2-6(4-3-5)8(11)12;7-4-2-1-3-5(8)6-4/h1-4H,(H,9,10)(H,11,12);1-3H2,(H,6,7,8). The molecule has 0 atom stereocenters. The summed E-state index contributed by atoms with van der Waals surface area (Å²) in [4.78, 5) is 41.4. The molecule has 7 heteroatoms. The zero-order chi connectivity index (χ0) is 15.1. The maximum Gasteiger partial charge on any atom is 0.335 e. The monoisotopic (exact) mass is 279 g/mol. The maximum atomic E-state index is 10.3. The highest BCUT2D eigenvalue weighted by Crippen LogP contribution is 2.03. The first kappa shape index (κ1) is 15.4. The second-order valence-corrected chi connectivity index (χ2v) is 4.01. The summed E-state index contributed by atoms with van der Waals surface area (Å²) >= 11 is 0. The number of aromatic carboxylic acids is 2. The number of imide groups is 1. The number of nitrogens with one attached hydrogen (secondary N) is 1. The van der Waals surface area contributed by atoms with Crippen LogP contribution in [0.15, 0.2) is 24.3 Å². The van der Waals surface area contributed by atoms with Crippen molar-refractivity contribution < 1.29 is 29.4 Å². The van der Waals surface area contributed by atoms with Gasteiger partial charge < -0.3 is 10.2 Å². The van der Waals surface area contributed by atoms with Crippen LogP contribution in [0.5, 0.6) is 0 Å². The van der Waals surface area contributed by atoms with Crippen LogP contribution in [0.25, 0.3) is 0 Å². The number of piperidine rings is 1. The zero-order valence-electron chi connectivity index (χ0n) is 10.5. The lowest BCUT2D eigenvalue weighted by Gasteiger charge is -2.07. The molecule has 0 radical (unpaired) electrons. The van der Waals surface area contributed by atoms with E-state index in [9.17, 15) is 19.2 Å². The molecule has 0 bridgehead atoms. The predicted molar refractivity (Wildman–Crippen MR) is 67.4 cm³/mol. The summed E-state index contributed by atoms with van der Waals surface area (Å²) in [6.07, 6.45) is 1.72. The van der Waals surface area contributed by atoms with E-state index in [-0.39, 0.29) is 22.9 Å². The predicted octanol–water partition coefficient (Wildman–Crippen LogP) is 0.896. The van der Waals surface area contributed by atoms with Crippen LogP contribution < -0.4 is 5.32 Å². The minimum atomic E-state index is -1.06. The molecule has 1 heterocycles. The van der Waals surface area contributed by atoms with E-state index in [2.05, 4.69) is 5.32 Å². The highest BCUT2D eigenvalue weighted by atomic mass is 16.4. The molecule has 106 valence electrons. The number of benzene rings is 1. The van der Waals surface area contributed by atoms with E-state index in [1.54, 1.807) is 0 Å². The molecule has 0 aromatic heterocycles. The SMILES string of the molecule is O=C(O)c1ccc(C(=O)O)cc1.O=C1CCCC(=O)N1. The van der Waals surface area contributed by atoms with Crippen molar-refractivity contribution in [2.24, 2.45) is 0 Å². The molecule has 0 spiro atoms. The molecule has 0 aliphatic carbocycles. The lowest BCUT2D eigenvalue weighted by Crippen LogP contribution is -2.33. The molecule has 1 fully saturated rings. The Morgan fingerprint density at radius 1 is 0.850 bits per heavy atom. The van der Waals surface area contributed by atoms with Crippen molar-refractivity contribution in [3.63, 3.8) is 0 Å². The van der Waals surface area contributed by atoms with E-state index in [1.165, 1.54) is 24.3 Å². The Balaban J connectivity index is 0.000000217. The third-order valence-corrected chi connectivity index (χ3v) is 2.47. The normalized spacial score (nSPS) is 13.8. The van der Waals surface area contributed by atoms with Crippen LogP contribution in [-0.2, 0) is 9.59 Å². The van der Waals surface area contributed by atoms with Gasteiger partial charge in [0.2, 0.25) is 11.8 Å². The molecule has 0 saturated carbocycles. The third-order valence-electron chi connectivity index (χ3n) is 2.47. The van der Waals surface area contributed by atoms with Gasteiger partial charge >= 0.3 is 11.9 Å². The molecular weight excluding hydrogens is 266 g/mol. The fraction of sp³-hybridized carbons (Fsp3) is 0.231. The number of carboxylic acid groups (broad SMARTS) is 2. The molecule has 2 amide bonds. The summed E-state index contributed by atoms with van der Waals surface area (Å²) in [5, 5.41) is 19.1. The second kappa shape index (κ2) is 7.03. The van der Waals surface area contributed by atoms with E-state index in [4.69, 9.17) is 10.2 Å². The highest BCUT2D eigenvalue weighted by Gasteiger charge is 2.13. The number of carbonyl (C=O) groups excluding carboxylic acids is 2. The lowest BCUT2D eigenvalue weighted by molar-refractivity contribution is -0.132. The van der Waals surface area contributed by atoms with E-state index < -0.39 is 11.9 Å². The van der Waals surface area contributed by atoms with Gasteiger partial charge in [-0.3, -0.25) is 14.9 Å². The summed E-state index contributed by atoms with van der Waals surface area (Å²) in [6, 6.07) is 5.02. The summed E-state index contributed by atoms with van der Waals surface area (Å²) in [6.45, 7) is 0. The molecular formula is C13H13NO6. The molecule has 1 saturated heterocycles. The summed E-state index contributed by atoms with van der Waals surface area (Å²) < 4.78 is 0. The Labute approximate surface area is 114 Å². The molecule has 1 aliphatic rings. The van der Waals surface area contributed by atoms with Crippen molar-refractivity contribution in [2.45, 2.75) is 19.3 Å². The van der Waals surface area contributed by atoms with Crippen molar-refractivity contribution in [3.05, 3.63) is 35.4 Å². The van der Waals surface area contributed by atoms with Crippen LogP contribution in [0.4, 0.5) is 0 Å². The molecule has 7 nitrogen and oxygen atoms in total. The van der Waals surface area contributed by atoms with Crippen LogP contribution in [0, 0.1) is 0 Å². The van der Waals surface area contributed by atoms with E-state index >= 15 is 0 Å². The lowest BCUT2D eigenvalue weighted by atomic mass is 10.1. The molecule has 20 heavy (non-hydrogen) atoms. The fourth-order valence-electron chi connectivity index (χ4n) is 1.45. The summed E-state index contributed by atoms with van der Waals surface area (Å²) in [5.41, 5.74) is 0.167. The third kappa shape index (κ3) is 4.89. The smallest absolute Gasteiger partial charge is 0.335 e. The number of hydrogen-bond acceptors (Lipinski definition) is 4. The Morgan fingerprint density at radius 2 is 1.20 bits per heavy atom. The first-order valence-corrected chi connectivity index (χ1v) is 5.79. The molecule has 2 rings (SSSR count). The van der Waals surface area contributed by atoms with Gasteiger partial charge in [0.15, 0.2) is 0 Å². The molecule has 1 aromatic carbocycles. The summed E-state index contributed by atoms with van der Waals surface area (Å²) in [5.74, 6) is -2.40. The van der Waals surface area contributed by atoms with Crippen LogP contribution in [0.1, 0.15) is 40.0 Å². The van der Waals surface area contributed by atoms with Crippen molar-refractivity contribution in [1.82, 2.24) is 5.32 Å². The molecule has 1 aromatic rings. The van der Waals surface area contributed by atoms with Gasteiger partial charge in [0.1, 0.15) is 0 Å². The van der Waals surface area contributed by atoms with Crippen molar-refractivity contribution in [2.75, 3.05) is 0 Å². The average molecular weight is 279 g/mol. The maximum absolute atomic E-state index is 10.3. The summed E-state index contributed by atoms with van der Waals surface area (Å²) in [7, 11) is 0. The number of amides is 2. The van der Waals surface area contributed by atoms with Gasteiger partial charge in [-0.2, -0.15) is 0 Å². The minimum absolute atomic E-state index is 0.0833. The quantitative estimate of drug-likeness (QED) is 0.691. The molecule has 0 unspecified atom stereocenters. The zero-order valence-corrected chi connectivity index (χ0v) is 10.5. The van der Waals surface area contributed by atoms with Crippen molar-refractivity contribution in [3.8, 4) is 0 Å². The number of carboxylic acids is 2. The Hall–Kier alpha value is -2.70. The van der Waals surface area contributed by atoms with Crippen molar-refractivity contribution >= 4 is 23.8 Å². The van der Waals surface area contributed by atoms with Gasteiger partial charge in [0.25, 0.3) is 0 Å². The Kier molecular flexibility index (Phi) is 5.40. The fourth-order valence-corrected chi connectivity index (χ4v) is 1.45. The van der Waals surface area contributed by atoms with Gasteiger partial charge in [0, 0.05) is 12.8 Å². The molecule has 1 aliphatic heterocycles. The van der Waals surface area contributed by atoms with Crippen LogP contribution in [0.3, 0.4) is 0 Å². The van der Waals surface area contributed by atoms with E-state index in [1.807, 2.05) is 0 Å². The topological polar surface area (TPSA) is 121 Å². The van der Waals surface area contributed by atoms with Crippen LogP contribution in [-0.4, -0.2) is 34.0 Å². The van der Waals surface area contributed by atoms with Gasteiger partial charge in [-0.1, -0.05) is 0 Å². The largest absolute Gasteiger partial charge is 0.478 e. The minimum Gasteiger partial charge on any atom is -0.478 e. The Morgan fingerprint density at radius 3 is 1.40 bits per heavy atom. The average Bonchev–Trinajstić information content (AvgIpc) is 2.39. The first-order chi connectivity index (χ1) is 9.40. The molecule has 3 N–H and O–H groups in total. The van der Waals surface area contributed by atoms with Gasteiger partial charge in [-0.15, -0.1) is 0 Å². The number of hydrogen-bond donors (Lipinski definition) is 3. The second-order valence-electron chi connectivity index (χ2n) is 4.01. The van der Waals surface area contributed by atoms with Gasteiger partial charge in [-0.25, -0.2) is 9.59 Å². The van der Waals surface area contributed by atoms with E-state index in [0.717, 1.165) is 0 Å². The number of carbonyl (C=O) groups is 4. The van der Waals surface area contributed by atoms with Crippen LogP contribution >= 0.6 is 0 Å². The Bertz CT molecular complexity index is 487. The van der Waals surface area contributed by atoms with Gasteiger partial charge in [0.05, 0.1) is 11.1 Å². The van der Waals surface area contributed by atoms with E-state index in [0.29, 0.717) is 19.3 Å². The van der Waals surface area contributed by atoms with Gasteiger partial charge in [-0.05, 0) is 30.7 Å². The van der Waals surface area contributed by atoms with Crippen LogP contribution in [0.2, 0.25) is 0 Å².